The van der Waals surface area contributed by atoms with E-state index in [1.165, 1.54) is 0 Å². The Hall–Kier alpha value is -1.68. The first-order valence-corrected chi connectivity index (χ1v) is 6.17. The van der Waals surface area contributed by atoms with Crippen molar-refractivity contribution in [1.82, 2.24) is 0 Å². The molecule has 1 amide bonds. The summed E-state index contributed by atoms with van der Waals surface area (Å²) in [6.07, 6.45) is 2.05. The molecular formula is C14H17NO3. The van der Waals surface area contributed by atoms with Gasteiger partial charge in [0.25, 0.3) is 0 Å². The summed E-state index contributed by atoms with van der Waals surface area (Å²) >= 11 is 0. The van der Waals surface area contributed by atoms with Crippen LogP contribution < -0.4 is 4.90 Å². The van der Waals surface area contributed by atoms with Gasteiger partial charge in [0.2, 0.25) is 5.91 Å². The van der Waals surface area contributed by atoms with Crippen molar-refractivity contribution in [2.24, 2.45) is 0 Å². The van der Waals surface area contributed by atoms with Crippen molar-refractivity contribution >= 4 is 17.4 Å². The molecule has 0 fully saturated rings. The SMILES string of the molecule is CN1C(=O)CCc2cc(C(=O)CCCO)ccc21. The van der Waals surface area contributed by atoms with E-state index in [1.807, 2.05) is 12.1 Å². The maximum Gasteiger partial charge on any atom is 0.227 e. The second-order valence-electron chi connectivity index (χ2n) is 4.55. The molecule has 0 unspecified atom stereocenters. The van der Waals surface area contributed by atoms with Crippen molar-refractivity contribution in [2.45, 2.75) is 25.7 Å². The summed E-state index contributed by atoms with van der Waals surface area (Å²) in [5, 5.41) is 8.72. The summed E-state index contributed by atoms with van der Waals surface area (Å²) in [4.78, 5) is 25.0. The van der Waals surface area contributed by atoms with Crippen molar-refractivity contribution in [3.8, 4) is 0 Å². The van der Waals surface area contributed by atoms with Crippen LogP contribution in [0, 0.1) is 0 Å². The lowest BCUT2D eigenvalue weighted by molar-refractivity contribution is -0.118. The summed E-state index contributed by atoms with van der Waals surface area (Å²) in [5.74, 6) is 0.160. The third kappa shape index (κ3) is 2.43. The Balaban J connectivity index is 2.22. The number of rotatable bonds is 4. The minimum Gasteiger partial charge on any atom is -0.396 e. The third-order valence-corrected chi connectivity index (χ3v) is 3.31. The second-order valence-corrected chi connectivity index (χ2v) is 4.55. The zero-order chi connectivity index (χ0) is 13.1. The van der Waals surface area contributed by atoms with Crippen LogP contribution in [-0.4, -0.2) is 30.5 Å². The van der Waals surface area contributed by atoms with Crippen LogP contribution in [-0.2, 0) is 11.2 Å². The van der Waals surface area contributed by atoms with Crippen LogP contribution in [0.2, 0.25) is 0 Å². The molecule has 2 rings (SSSR count). The number of aliphatic hydroxyl groups excluding tert-OH is 1. The van der Waals surface area contributed by atoms with Crippen LogP contribution in [0.1, 0.15) is 35.2 Å². The lowest BCUT2D eigenvalue weighted by Gasteiger charge is -2.26. The van der Waals surface area contributed by atoms with E-state index in [0.717, 1.165) is 11.3 Å². The number of anilines is 1. The first-order chi connectivity index (χ1) is 8.63. The van der Waals surface area contributed by atoms with Gasteiger partial charge in [0.15, 0.2) is 5.78 Å². The molecule has 0 bridgehead atoms. The number of carbonyl (C=O) groups is 2. The number of Topliss-reactive ketones (excluding diaryl/α,β-unsaturated/α-hetero) is 1. The molecule has 4 heteroatoms. The molecule has 0 aliphatic carbocycles. The Bertz CT molecular complexity index is 482. The fourth-order valence-corrected chi connectivity index (χ4v) is 2.21. The smallest absolute Gasteiger partial charge is 0.227 e. The van der Waals surface area contributed by atoms with Crippen molar-refractivity contribution in [3.63, 3.8) is 0 Å². The number of fused-ring (bicyclic) bond motifs is 1. The highest BCUT2D eigenvalue weighted by atomic mass is 16.3. The average Bonchev–Trinajstić information content (AvgIpc) is 2.40. The number of hydrogen-bond acceptors (Lipinski definition) is 3. The molecule has 1 aromatic carbocycles. The minimum absolute atomic E-state index is 0.0356. The number of ketones is 1. The number of aryl methyl sites for hydroxylation is 1. The van der Waals surface area contributed by atoms with Gasteiger partial charge >= 0.3 is 0 Å². The molecule has 96 valence electrons. The monoisotopic (exact) mass is 247 g/mol. The topological polar surface area (TPSA) is 57.6 Å². The molecule has 0 saturated carbocycles. The van der Waals surface area contributed by atoms with Gasteiger partial charge in [-0.1, -0.05) is 0 Å². The number of carbonyl (C=O) groups excluding carboxylic acids is 2. The fraction of sp³-hybridized carbons (Fsp3) is 0.429. The molecule has 0 atom stereocenters. The summed E-state index contributed by atoms with van der Waals surface area (Å²) in [7, 11) is 1.76. The van der Waals surface area contributed by atoms with E-state index in [4.69, 9.17) is 5.11 Å². The lowest BCUT2D eigenvalue weighted by atomic mass is 9.96. The van der Waals surface area contributed by atoms with Gasteiger partial charge in [0, 0.05) is 37.7 Å². The molecule has 0 saturated heterocycles. The summed E-state index contributed by atoms with van der Waals surface area (Å²) in [5.41, 5.74) is 2.61. The standard InChI is InChI=1S/C14H17NO3/c1-15-12-6-4-11(13(17)3-2-8-16)9-10(12)5-7-14(15)18/h4,6,9,16H,2-3,5,7-8H2,1H3. The predicted molar refractivity (Wildman–Crippen MR) is 68.8 cm³/mol. The molecule has 0 aromatic heterocycles. The molecular weight excluding hydrogens is 230 g/mol. The van der Waals surface area contributed by atoms with Crippen molar-refractivity contribution in [3.05, 3.63) is 29.3 Å². The highest BCUT2D eigenvalue weighted by Crippen LogP contribution is 2.27. The van der Waals surface area contributed by atoms with E-state index in [2.05, 4.69) is 0 Å². The van der Waals surface area contributed by atoms with E-state index >= 15 is 0 Å². The highest BCUT2D eigenvalue weighted by Gasteiger charge is 2.21. The number of benzene rings is 1. The van der Waals surface area contributed by atoms with Crippen LogP contribution >= 0.6 is 0 Å². The van der Waals surface area contributed by atoms with Crippen LogP contribution in [0.3, 0.4) is 0 Å². The van der Waals surface area contributed by atoms with Crippen LogP contribution in [0.5, 0.6) is 0 Å². The molecule has 18 heavy (non-hydrogen) atoms. The second kappa shape index (κ2) is 5.31. The third-order valence-electron chi connectivity index (χ3n) is 3.31. The van der Waals surface area contributed by atoms with E-state index in [1.54, 1.807) is 18.0 Å². The first-order valence-electron chi connectivity index (χ1n) is 6.17. The Kier molecular flexibility index (Phi) is 3.77. The number of nitrogens with zero attached hydrogens (tertiary/aromatic N) is 1. The number of hydrogen-bond donors (Lipinski definition) is 1. The van der Waals surface area contributed by atoms with Crippen molar-refractivity contribution in [2.75, 3.05) is 18.6 Å². The van der Waals surface area contributed by atoms with Crippen molar-refractivity contribution in [1.29, 1.82) is 0 Å². The molecule has 4 nitrogen and oxygen atoms in total. The largest absolute Gasteiger partial charge is 0.396 e. The average molecular weight is 247 g/mol. The van der Waals surface area contributed by atoms with Crippen LogP contribution in [0.15, 0.2) is 18.2 Å². The van der Waals surface area contributed by atoms with Crippen LogP contribution in [0.4, 0.5) is 5.69 Å². The van der Waals surface area contributed by atoms with Gasteiger partial charge in [-0.25, -0.2) is 0 Å². The molecule has 1 heterocycles. The summed E-state index contributed by atoms with van der Waals surface area (Å²) in [6, 6.07) is 5.46. The fourth-order valence-electron chi connectivity index (χ4n) is 2.21. The summed E-state index contributed by atoms with van der Waals surface area (Å²) < 4.78 is 0. The maximum absolute atomic E-state index is 11.8. The zero-order valence-electron chi connectivity index (χ0n) is 10.5. The van der Waals surface area contributed by atoms with E-state index in [-0.39, 0.29) is 18.3 Å². The quantitative estimate of drug-likeness (QED) is 0.821. The van der Waals surface area contributed by atoms with Gasteiger partial charge in [-0.05, 0) is 36.6 Å². The van der Waals surface area contributed by atoms with E-state index in [9.17, 15) is 9.59 Å². The molecule has 1 aromatic rings. The Morgan fingerprint density at radius 2 is 2.17 bits per heavy atom. The Morgan fingerprint density at radius 3 is 2.89 bits per heavy atom. The van der Waals surface area contributed by atoms with Crippen molar-refractivity contribution < 1.29 is 14.7 Å². The lowest BCUT2D eigenvalue weighted by Crippen LogP contribution is -2.31. The molecule has 1 aliphatic heterocycles. The highest BCUT2D eigenvalue weighted by molar-refractivity contribution is 5.99. The van der Waals surface area contributed by atoms with Gasteiger partial charge in [-0.2, -0.15) is 0 Å². The molecule has 1 N–H and O–H groups in total. The Morgan fingerprint density at radius 1 is 1.39 bits per heavy atom. The normalized spacial score (nSPS) is 14.6. The Labute approximate surface area is 106 Å². The van der Waals surface area contributed by atoms with E-state index in [0.29, 0.717) is 31.2 Å². The predicted octanol–water partition coefficient (Wildman–Crippen LogP) is 1.55. The molecule has 0 radical (unpaired) electrons. The van der Waals surface area contributed by atoms with Gasteiger partial charge in [-0.3, -0.25) is 9.59 Å². The van der Waals surface area contributed by atoms with Gasteiger partial charge < -0.3 is 10.0 Å². The van der Waals surface area contributed by atoms with Gasteiger partial charge in [0.05, 0.1) is 0 Å². The van der Waals surface area contributed by atoms with Crippen LogP contribution in [0.25, 0.3) is 0 Å². The molecule has 1 aliphatic rings. The van der Waals surface area contributed by atoms with E-state index < -0.39 is 0 Å². The zero-order valence-corrected chi connectivity index (χ0v) is 10.5. The summed E-state index contributed by atoms with van der Waals surface area (Å²) in [6.45, 7) is 0.0356. The number of amides is 1. The minimum atomic E-state index is 0.0356. The van der Waals surface area contributed by atoms with Gasteiger partial charge in [0.1, 0.15) is 0 Å². The van der Waals surface area contributed by atoms with Gasteiger partial charge in [-0.15, -0.1) is 0 Å². The molecule has 0 spiro atoms. The maximum atomic E-state index is 11.8. The number of aliphatic hydroxyl groups is 1. The first kappa shape index (κ1) is 12.8.